The molecular formula is C14H14NO3P. The molecule has 0 aliphatic carbocycles. The highest BCUT2D eigenvalue weighted by Crippen LogP contribution is 2.38. The quantitative estimate of drug-likeness (QED) is 0.825. The van der Waals surface area contributed by atoms with Gasteiger partial charge in [-0.3, -0.25) is 4.57 Å². The van der Waals surface area contributed by atoms with Crippen LogP contribution in [0.15, 0.2) is 48.5 Å². The first kappa shape index (κ1) is 12.4. The molecule has 1 heterocycles. The summed E-state index contributed by atoms with van der Waals surface area (Å²) in [5.41, 5.74) is 3.12. The van der Waals surface area contributed by atoms with E-state index in [-0.39, 0.29) is 5.30 Å². The minimum absolute atomic E-state index is 0.0983. The van der Waals surface area contributed by atoms with Gasteiger partial charge in [0, 0.05) is 17.9 Å². The van der Waals surface area contributed by atoms with E-state index in [2.05, 4.69) is 4.90 Å². The molecule has 0 fully saturated rings. The maximum Gasteiger partial charge on any atom is 0.356 e. The largest absolute Gasteiger partial charge is 0.356 e. The zero-order valence-electron chi connectivity index (χ0n) is 10.2. The summed E-state index contributed by atoms with van der Waals surface area (Å²) in [5, 5.41) is 0.0983. The summed E-state index contributed by atoms with van der Waals surface area (Å²) in [6, 6.07) is 14.9. The molecule has 1 aliphatic heterocycles. The van der Waals surface area contributed by atoms with E-state index < -0.39 is 7.60 Å². The van der Waals surface area contributed by atoms with Gasteiger partial charge in [0.1, 0.15) is 0 Å². The lowest BCUT2D eigenvalue weighted by atomic mass is 10.2. The summed E-state index contributed by atoms with van der Waals surface area (Å²) in [6.07, 6.45) is 0.804. The molecule has 3 rings (SSSR count). The fourth-order valence-corrected chi connectivity index (χ4v) is 3.04. The molecule has 2 aromatic rings. The summed E-state index contributed by atoms with van der Waals surface area (Å²) < 4.78 is 11.3. The molecular weight excluding hydrogens is 261 g/mol. The highest BCUT2D eigenvalue weighted by atomic mass is 31.2. The highest BCUT2D eigenvalue weighted by Gasteiger charge is 2.24. The number of nitrogens with zero attached hydrogens (tertiary/aromatic N) is 1. The molecule has 1 aliphatic rings. The molecule has 0 radical (unpaired) electrons. The monoisotopic (exact) mass is 275 g/mol. The lowest BCUT2D eigenvalue weighted by molar-refractivity contribution is 0.387. The Labute approximate surface area is 111 Å². The summed E-state index contributed by atoms with van der Waals surface area (Å²) in [5.74, 6) is 0. The molecule has 0 aromatic heterocycles. The molecule has 98 valence electrons. The number of fused-ring (bicyclic) bond motifs is 1. The first-order valence-corrected chi connectivity index (χ1v) is 7.68. The van der Waals surface area contributed by atoms with Crippen molar-refractivity contribution in [2.45, 2.75) is 6.42 Å². The Balaban J connectivity index is 2.01. The van der Waals surface area contributed by atoms with Crippen molar-refractivity contribution in [2.75, 3.05) is 11.4 Å². The maximum atomic E-state index is 11.3. The summed E-state index contributed by atoms with van der Waals surface area (Å²) in [4.78, 5) is 20.6. The van der Waals surface area contributed by atoms with Crippen molar-refractivity contribution >= 4 is 24.3 Å². The summed E-state index contributed by atoms with van der Waals surface area (Å²) in [7, 11) is -4.16. The predicted molar refractivity (Wildman–Crippen MR) is 75.3 cm³/mol. The van der Waals surface area contributed by atoms with E-state index >= 15 is 0 Å². The van der Waals surface area contributed by atoms with E-state index in [1.54, 1.807) is 12.1 Å². The molecule has 5 heteroatoms. The van der Waals surface area contributed by atoms with Gasteiger partial charge < -0.3 is 14.7 Å². The van der Waals surface area contributed by atoms with Crippen LogP contribution in [0, 0.1) is 0 Å². The van der Waals surface area contributed by atoms with E-state index in [1.807, 2.05) is 30.3 Å². The molecule has 0 bridgehead atoms. The van der Waals surface area contributed by atoms with Crippen LogP contribution < -0.4 is 10.2 Å². The SMILES string of the molecule is O=P(O)(O)c1ccc2c(c1)CCN2c1ccccc1. The Morgan fingerprint density at radius 3 is 2.47 bits per heavy atom. The van der Waals surface area contributed by atoms with Gasteiger partial charge in [-0.2, -0.15) is 0 Å². The maximum absolute atomic E-state index is 11.3. The molecule has 19 heavy (non-hydrogen) atoms. The number of benzene rings is 2. The van der Waals surface area contributed by atoms with Crippen molar-refractivity contribution in [3.05, 3.63) is 54.1 Å². The van der Waals surface area contributed by atoms with Crippen molar-refractivity contribution in [1.29, 1.82) is 0 Å². The molecule has 0 amide bonds. The molecule has 2 N–H and O–H groups in total. The molecule has 0 atom stereocenters. The van der Waals surface area contributed by atoms with E-state index in [9.17, 15) is 14.4 Å². The van der Waals surface area contributed by atoms with Crippen LogP contribution in [0.25, 0.3) is 0 Å². The van der Waals surface area contributed by atoms with Crippen LogP contribution >= 0.6 is 7.60 Å². The number of hydrogen-bond acceptors (Lipinski definition) is 2. The van der Waals surface area contributed by atoms with Crippen LogP contribution in [0.2, 0.25) is 0 Å². The van der Waals surface area contributed by atoms with Crippen LogP contribution in [-0.2, 0) is 11.0 Å². The molecule has 0 unspecified atom stereocenters. The topological polar surface area (TPSA) is 60.8 Å². The third-order valence-corrected chi connectivity index (χ3v) is 4.31. The van der Waals surface area contributed by atoms with E-state index in [0.717, 1.165) is 29.9 Å². The van der Waals surface area contributed by atoms with Crippen molar-refractivity contribution in [3.8, 4) is 0 Å². The second-order valence-electron chi connectivity index (χ2n) is 4.59. The number of rotatable bonds is 2. The highest BCUT2D eigenvalue weighted by molar-refractivity contribution is 7.60. The second-order valence-corrected chi connectivity index (χ2v) is 6.20. The number of anilines is 2. The molecule has 0 saturated heterocycles. The Kier molecular flexibility index (Phi) is 2.94. The van der Waals surface area contributed by atoms with Gasteiger partial charge >= 0.3 is 7.60 Å². The third kappa shape index (κ3) is 2.30. The van der Waals surface area contributed by atoms with Gasteiger partial charge in [-0.15, -0.1) is 0 Å². The van der Waals surface area contributed by atoms with Crippen molar-refractivity contribution in [3.63, 3.8) is 0 Å². The van der Waals surface area contributed by atoms with E-state index in [0.29, 0.717) is 0 Å². The van der Waals surface area contributed by atoms with Crippen molar-refractivity contribution in [1.82, 2.24) is 0 Å². The summed E-state index contributed by atoms with van der Waals surface area (Å²) in [6.45, 7) is 0.837. The second kappa shape index (κ2) is 4.49. The zero-order valence-corrected chi connectivity index (χ0v) is 11.1. The molecule has 0 saturated carbocycles. The third-order valence-electron chi connectivity index (χ3n) is 3.36. The molecule has 4 nitrogen and oxygen atoms in total. The minimum Gasteiger partial charge on any atom is -0.341 e. The van der Waals surface area contributed by atoms with Gasteiger partial charge in [0.25, 0.3) is 0 Å². The number of hydrogen-bond donors (Lipinski definition) is 2. The van der Waals surface area contributed by atoms with Crippen molar-refractivity contribution in [2.24, 2.45) is 0 Å². The Bertz CT molecular complexity index is 651. The van der Waals surface area contributed by atoms with Gasteiger partial charge in [-0.05, 0) is 42.3 Å². The summed E-state index contributed by atoms with van der Waals surface area (Å²) >= 11 is 0. The zero-order chi connectivity index (χ0) is 13.5. The van der Waals surface area contributed by atoms with Gasteiger partial charge in [-0.1, -0.05) is 18.2 Å². The lowest BCUT2D eigenvalue weighted by Crippen LogP contribution is -2.13. The van der Waals surface area contributed by atoms with Gasteiger partial charge in [0.15, 0.2) is 0 Å². The Hall–Kier alpha value is -1.61. The van der Waals surface area contributed by atoms with Crippen LogP contribution in [0.3, 0.4) is 0 Å². The fourth-order valence-electron chi connectivity index (χ4n) is 2.45. The normalized spacial score (nSPS) is 14.5. The first-order valence-electron chi connectivity index (χ1n) is 6.07. The lowest BCUT2D eigenvalue weighted by Gasteiger charge is -2.19. The van der Waals surface area contributed by atoms with Crippen LogP contribution in [-0.4, -0.2) is 16.3 Å². The van der Waals surface area contributed by atoms with Crippen LogP contribution in [0.1, 0.15) is 5.56 Å². The smallest absolute Gasteiger partial charge is 0.341 e. The standard InChI is InChI=1S/C14H14NO3P/c16-19(17,18)13-6-7-14-11(10-13)8-9-15(14)12-4-2-1-3-5-12/h1-7,10H,8-9H2,(H2,16,17,18). The molecule has 0 spiro atoms. The van der Waals surface area contributed by atoms with Gasteiger partial charge in [0.05, 0.1) is 5.30 Å². The average molecular weight is 275 g/mol. The Morgan fingerprint density at radius 1 is 1.05 bits per heavy atom. The van der Waals surface area contributed by atoms with Crippen molar-refractivity contribution < 1.29 is 14.4 Å². The van der Waals surface area contributed by atoms with Gasteiger partial charge in [0.2, 0.25) is 0 Å². The van der Waals surface area contributed by atoms with Crippen LogP contribution in [0.5, 0.6) is 0 Å². The first-order chi connectivity index (χ1) is 9.05. The Morgan fingerprint density at radius 2 is 1.79 bits per heavy atom. The van der Waals surface area contributed by atoms with Gasteiger partial charge in [-0.25, -0.2) is 0 Å². The predicted octanol–water partition coefficient (Wildman–Crippen LogP) is 2.18. The minimum atomic E-state index is -4.16. The molecule has 2 aromatic carbocycles. The van der Waals surface area contributed by atoms with E-state index in [1.165, 1.54) is 6.07 Å². The number of para-hydroxylation sites is 1. The van der Waals surface area contributed by atoms with Crippen LogP contribution in [0.4, 0.5) is 11.4 Å². The fraction of sp³-hybridized carbons (Fsp3) is 0.143. The average Bonchev–Trinajstić information content (AvgIpc) is 2.81. The van der Waals surface area contributed by atoms with E-state index in [4.69, 9.17) is 0 Å².